The van der Waals surface area contributed by atoms with Crippen LogP contribution in [0, 0.1) is 17.2 Å². The van der Waals surface area contributed by atoms with Crippen LogP contribution in [0.1, 0.15) is 36.3 Å². The van der Waals surface area contributed by atoms with Crippen molar-refractivity contribution in [3.05, 3.63) is 71.8 Å². The molecule has 4 saturated heterocycles. The molecule has 39 heavy (non-hydrogen) atoms. The molecule has 0 bridgehead atoms. The third-order valence-corrected chi connectivity index (χ3v) is 8.76. The van der Waals surface area contributed by atoms with Gasteiger partial charge in [0.15, 0.2) is 0 Å². The van der Waals surface area contributed by atoms with Gasteiger partial charge in [-0.15, -0.1) is 12.4 Å². The number of nitrogens with two attached hydrogens (primary N) is 2. The maximum Gasteiger partial charge on any atom is 0.217 e. The van der Waals surface area contributed by atoms with Crippen LogP contribution in [0.5, 0.6) is 0 Å². The van der Waals surface area contributed by atoms with Gasteiger partial charge in [-0.1, -0.05) is 60.7 Å². The van der Waals surface area contributed by atoms with Gasteiger partial charge in [0.2, 0.25) is 5.91 Å². The molecule has 0 aromatic heterocycles. The summed E-state index contributed by atoms with van der Waals surface area (Å²) in [7, 11) is 4.28. The van der Waals surface area contributed by atoms with Crippen molar-refractivity contribution in [1.82, 2.24) is 9.80 Å². The molecule has 0 aliphatic carbocycles. The minimum Gasteiger partial charge on any atom is -0.377 e. The summed E-state index contributed by atoms with van der Waals surface area (Å²) in [5, 5.41) is 7.32. The molecule has 2 aromatic rings. The second kappa shape index (κ2) is 13.2. The summed E-state index contributed by atoms with van der Waals surface area (Å²) in [6, 6.07) is 23.0. The van der Waals surface area contributed by atoms with Gasteiger partial charge in [0.25, 0.3) is 0 Å². The highest BCUT2D eigenvalue weighted by Crippen LogP contribution is 2.50. The largest absolute Gasteiger partial charge is 0.377 e. The number of halogens is 1. The van der Waals surface area contributed by atoms with E-state index in [4.69, 9.17) is 26.2 Å². The lowest BCUT2D eigenvalue weighted by Crippen LogP contribution is -2.60. The Morgan fingerprint density at radius 2 is 1.31 bits per heavy atom. The zero-order valence-corrected chi connectivity index (χ0v) is 24.0. The fraction of sp³-hybridized carbons (Fsp3) is 0.533. The number of benzene rings is 2. The molecule has 6 rings (SSSR count). The van der Waals surface area contributed by atoms with Crippen LogP contribution in [0.15, 0.2) is 60.7 Å². The molecule has 4 aliphatic heterocycles. The lowest BCUT2D eigenvalue weighted by molar-refractivity contribution is -0.125. The average Bonchev–Trinajstić information content (AvgIpc) is 3.29. The molecule has 4 N–H and O–H groups in total. The maximum atomic E-state index is 11.3. The van der Waals surface area contributed by atoms with Crippen molar-refractivity contribution in [3.8, 4) is 6.07 Å². The molecule has 4 fully saturated rings. The van der Waals surface area contributed by atoms with E-state index < -0.39 is 0 Å². The number of primary amides is 1. The highest BCUT2D eigenvalue weighted by Gasteiger charge is 2.57. The second-order valence-electron chi connectivity index (χ2n) is 11.0. The Kier molecular flexibility index (Phi) is 10.5. The number of nitrogens with zero attached hydrogens (tertiary/aromatic N) is 3. The lowest BCUT2D eigenvalue weighted by Gasteiger charge is -2.48. The third kappa shape index (κ3) is 5.99. The minimum absolute atomic E-state index is 0. The predicted molar refractivity (Wildman–Crippen MR) is 155 cm³/mol. The van der Waals surface area contributed by atoms with Crippen LogP contribution < -0.4 is 11.5 Å². The van der Waals surface area contributed by atoms with E-state index in [1.165, 1.54) is 18.1 Å². The quantitative estimate of drug-likeness (QED) is 0.595. The molecular weight excluding hydrogens is 514 g/mol. The van der Waals surface area contributed by atoms with Crippen molar-refractivity contribution >= 4 is 18.3 Å². The fourth-order valence-electron chi connectivity index (χ4n) is 6.88. The van der Waals surface area contributed by atoms with Gasteiger partial charge >= 0.3 is 0 Å². The molecule has 4 atom stereocenters. The highest BCUT2D eigenvalue weighted by atomic mass is 35.5. The first-order valence-electron chi connectivity index (χ1n) is 13.3. The smallest absolute Gasteiger partial charge is 0.217 e. The normalized spacial score (nSPS) is 28.0. The van der Waals surface area contributed by atoms with Crippen LogP contribution in [-0.4, -0.2) is 86.4 Å². The molecule has 1 amide bonds. The van der Waals surface area contributed by atoms with Gasteiger partial charge in [0.1, 0.15) is 0 Å². The van der Waals surface area contributed by atoms with Gasteiger partial charge in [-0.3, -0.25) is 14.6 Å². The van der Waals surface area contributed by atoms with Gasteiger partial charge in [-0.25, -0.2) is 0 Å². The van der Waals surface area contributed by atoms with Gasteiger partial charge in [-0.05, 0) is 31.1 Å². The van der Waals surface area contributed by atoms with Gasteiger partial charge in [-0.2, -0.15) is 5.26 Å². The Labute approximate surface area is 238 Å². The number of rotatable bonds is 4. The third-order valence-electron chi connectivity index (χ3n) is 8.76. The number of nitriles is 1. The van der Waals surface area contributed by atoms with E-state index in [-0.39, 0.29) is 41.4 Å². The minimum atomic E-state index is -0.211. The zero-order valence-electron chi connectivity index (χ0n) is 23.2. The molecule has 9 heteroatoms. The van der Waals surface area contributed by atoms with Crippen molar-refractivity contribution in [2.45, 2.75) is 42.3 Å². The van der Waals surface area contributed by atoms with Gasteiger partial charge in [0.05, 0.1) is 43.6 Å². The topological polar surface area (TPSA) is 118 Å². The fourth-order valence-corrected chi connectivity index (χ4v) is 6.88. The molecule has 0 radical (unpaired) electrons. The van der Waals surface area contributed by atoms with Crippen molar-refractivity contribution in [3.63, 3.8) is 0 Å². The van der Waals surface area contributed by atoms with E-state index in [1.807, 2.05) is 6.07 Å². The number of carbonyl (C=O) groups excluding carboxylic acids is 1. The standard InChI is InChI=1S/C15H20N2O2.C13H18N2O.C2H3N.ClH/c1-17-8-12(7-13(16)18)14(15(17)9-19-10-15)11-5-3-2-4-6-11;1-15-7-11(14)12(13(15)8-16-9-13)10-5-3-2-4-6-10;1-2-3;/h2-6,12,14H,7-10H2,1H3,(H2,16,18);2-6,11-12H,7-9,14H2,1H3;1H3;1H/t12-,14+;11-,12+;;/m11../s1. The molecule has 0 unspecified atom stereocenters. The Bertz CT molecular complexity index is 1100. The monoisotopic (exact) mass is 555 g/mol. The summed E-state index contributed by atoms with van der Waals surface area (Å²) in [6.07, 6.45) is 0.450. The van der Waals surface area contributed by atoms with Crippen LogP contribution in [-0.2, 0) is 14.3 Å². The molecule has 2 spiro atoms. The average molecular weight is 556 g/mol. The molecule has 4 heterocycles. The van der Waals surface area contributed by atoms with Gasteiger partial charge in [0, 0.05) is 44.3 Å². The number of likely N-dealkylation sites (tertiary alicyclic amines) is 2. The highest BCUT2D eigenvalue weighted by molar-refractivity contribution is 5.85. The van der Waals surface area contributed by atoms with Crippen LogP contribution >= 0.6 is 12.4 Å². The summed E-state index contributed by atoms with van der Waals surface area (Å²) < 4.78 is 10.9. The maximum absolute atomic E-state index is 11.3. The summed E-state index contributed by atoms with van der Waals surface area (Å²) in [5.74, 6) is 0.817. The number of likely N-dealkylation sites (N-methyl/N-ethyl adjacent to an activating group) is 2. The number of amides is 1. The summed E-state index contributed by atoms with van der Waals surface area (Å²) in [4.78, 5) is 16.1. The summed E-state index contributed by atoms with van der Waals surface area (Å²) in [6.45, 7) is 6.43. The Morgan fingerprint density at radius 1 is 0.897 bits per heavy atom. The first kappa shape index (κ1) is 31.0. The van der Waals surface area contributed by atoms with E-state index in [9.17, 15) is 4.79 Å². The van der Waals surface area contributed by atoms with E-state index in [1.54, 1.807) is 6.07 Å². The zero-order chi connectivity index (χ0) is 27.3. The van der Waals surface area contributed by atoms with Gasteiger partial charge < -0.3 is 20.9 Å². The van der Waals surface area contributed by atoms with Crippen LogP contribution in [0.25, 0.3) is 0 Å². The first-order chi connectivity index (χ1) is 18.3. The molecular formula is C30H42ClN5O3. The second-order valence-corrected chi connectivity index (χ2v) is 11.0. The molecule has 2 aromatic carbocycles. The molecule has 8 nitrogen and oxygen atoms in total. The van der Waals surface area contributed by atoms with E-state index in [0.717, 1.165) is 39.5 Å². The van der Waals surface area contributed by atoms with Crippen LogP contribution in [0.2, 0.25) is 0 Å². The number of ether oxygens (including phenoxy) is 2. The number of hydrogen-bond acceptors (Lipinski definition) is 7. The summed E-state index contributed by atoms with van der Waals surface area (Å²) in [5.41, 5.74) is 14.6. The van der Waals surface area contributed by atoms with Crippen molar-refractivity contribution in [2.24, 2.45) is 17.4 Å². The Balaban J connectivity index is 0.000000194. The molecule has 4 aliphatic rings. The Morgan fingerprint density at radius 3 is 1.72 bits per heavy atom. The first-order valence-corrected chi connectivity index (χ1v) is 13.3. The number of hydrogen-bond donors (Lipinski definition) is 2. The summed E-state index contributed by atoms with van der Waals surface area (Å²) >= 11 is 0. The van der Waals surface area contributed by atoms with Crippen molar-refractivity contribution in [2.75, 3.05) is 53.6 Å². The van der Waals surface area contributed by atoms with E-state index >= 15 is 0 Å². The Hall–Kier alpha value is -2.51. The number of carbonyl (C=O) groups is 1. The van der Waals surface area contributed by atoms with Crippen molar-refractivity contribution in [1.29, 1.82) is 5.26 Å². The van der Waals surface area contributed by atoms with Crippen LogP contribution in [0.4, 0.5) is 0 Å². The van der Waals surface area contributed by atoms with Crippen LogP contribution in [0.3, 0.4) is 0 Å². The molecule has 212 valence electrons. The predicted octanol–water partition coefficient (Wildman–Crippen LogP) is 2.74. The molecule has 0 saturated carbocycles. The van der Waals surface area contributed by atoms with E-state index in [0.29, 0.717) is 18.3 Å². The SMILES string of the molecule is CC#N.CN1C[C@@H](CC(N)=O)[C@H](c2ccccc2)C12COC2.CN1C[C@@H](N)[C@H](c2ccccc2)C12COC2.Cl. The van der Waals surface area contributed by atoms with Crippen molar-refractivity contribution < 1.29 is 14.3 Å². The lowest BCUT2D eigenvalue weighted by atomic mass is 9.73. The van der Waals surface area contributed by atoms with E-state index in [2.05, 4.69) is 78.5 Å².